The summed E-state index contributed by atoms with van der Waals surface area (Å²) in [4.78, 5) is 19.4. The van der Waals surface area contributed by atoms with Crippen molar-refractivity contribution in [1.82, 2.24) is 0 Å². The average Bonchev–Trinajstić information content (AvgIpc) is 2.65. The molecule has 0 N–H and O–H groups in total. The number of aliphatic carboxylic acids is 2. The van der Waals surface area contributed by atoms with Gasteiger partial charge in [-0.3, -0.25) is 0 Å². The zero-order chi connectivity index (χ0) is 23.8. The number of rotatable bonds is 11. The van der Waals surface area contributed by atoms with E-state index in [0.29, 0.717) is 0 Å². The van der Waals surface area contributed by atoms with Gasteiger partial charge in [0.15, 0.2) is 0 Å². The summed E-state index contributed by atoms with van der Waals surface area (Å²) in [5.74, 6) is -3.02. The minimum Gasteiger partial charge on any atom is -0.550 e. The second kappa shape index (κ2) is 16.4. The lowest BCUT2D eigenvalue weighted by Crippen LogP contribution is -2.52. The van der Waals surface area contributed by atoms with E-state index < -0.39 is 23.9 Å². The fourth-order valence-electron chi connectivity index (χ4n) is 3.78. The molecule has 0 amide bonds. The van der Waals surface area contributed by atoms with Gasteiger partial charge in [0, 0.05) is 12.4 Å². The van der Waals surface area contributed by atoms with Crippen LogP contribution in [0.4, 0.5) is 0 Å². The summed E-state index contributed by atoms with van der Waals surface area (Å²) >= 11 is 0. The predicted molar refractivity (Wildman–Crippen MR) is 118 cm³/mol. The van der Waals surface area contributed by atoms with Gasteiger partial charge in [0.05, 0.1) is 57.3 Å². The monoisotopic (exact) mass is 416 g/mol. The Bertz CT molecular complexity index is 425. The third-order valence-electron chi connectivity index (χ3n) is 6.62. The molecule has 6 heteroatoms. The molecule has 0 spiro atoms. The maximum absolute atomic E-state index is 9.73. The molecule has 0 saturated carbocycles. The molecule has 6 nitrogen and oxygen atoms in total. The Kier molecular flexibility index (Phi) is 18.3. The maximum Gasteiger partial charge on any atom is 0.0833 e. The van der Waals surface area contributed by atoms with E-state index >= 15 is 0 Å². The van der Waals surface area contributed by atoms with E-state index in [1.165, 1.54) is 48.2 Å². The van der Waals surface area contributed by atoms with Crippen molar-refractivity contribution in [3.05, 3.63) is 12.2 Å². The van der Waals surface area contributed by atoms with Crippen molar-refractivity contribution in [2.75, 3.05) is 39.3 Å². The normalized spacial score (nSPS) is 11.3. The first-order valence-corrected chi connectivity index (χ1v) is 11.1. The van der Waals surface area contributed by atoms with Crippen molar-refractivity contribution >= 4 is 11.9 Å². The number of quaternary nitrogens is 2. The van der Waals surface area contributed by atoms with Gasteiger partial charge in [-0.05, 0) is 74.8 Å². The number of carboxylic acid groups (broad SMARTS) is 2. The third-order valence-corrected chi connectivity index (χ3v) is 6.62. The molecule has 174 valence electrons. The summed E-state index contributed by atoms with van der Waals surface area (Å²) in [6, 6.07) is 1.56. The zero-order valence-corrected chi connectivity index (χ0v) is 20.8. The SMILES string of the molecule is C=C(CC(=O)[O-])C(=O)[O-].CC[N+](CC)(CC)C(C)C.CC[N+](CC)(CC)C(C)C. The highest BCUT2D eigenvalue weighted by molar-refractivity contribution is 5.89. The van der Waals surface area contributed by atoms with Crippen LogP contribution in [0.1, 0.15) is 75.7 Å². The quantitative estimate of drug-likeness (QED) is 0.381. The number of carboxylic acids is 2. The number of carbonyl (C=O) groups excluding carboxylic acids is 2. The summed E-state index contributed by atoms with van der Waals surface area (Å²) in [6.45, 7) is 33.5. The van der Waals surface area contributed by atoms with E-state index in [0.717, 1.165) is 12.1 Å². The molecular formula is C23H48N2O4. The number of carbonyl (C=O) groups is 2. The van der Waals surface area contributed by atoms with Crippen molar-refractivity contribution < 1.29 is 28.8 Å². The van der Waals surface area contributed by atoms with Crippen LogP contribution in [0.5, 0.6) is 0 Å². The Balaban J connectivity index is -0.000000350. The first kappa shape index (κ1) is 32.3. The van der Waals surface area contributed by atoms with Crippen molar-refractivity contribution in [2.24, 2.45) is 0 Å². The highest BCUT2D eigenvalue weighted by Crippen LogP contribution is 2.12. The number of hydrogen-bond donors (Lipinski definition) is 0. The van der Waals surface area contributed by atoms with Crippen LogP contribution < -0.4 is 10.2 Å². The van der Waals surface area contributed by atoms with E-state index in [-0.39, 0.29) is 0 Å². The van der Waals surface area contributed by atoms with Crippen LogP contribution >= 0.6 is 0 Å². The standard InChI is InChI=1S/2C9H22N.C5H6O4/c2*1-6-10(7-2,8-3)9(4)5;1-3(5(8)9)2-4(6)7/h2*9H,6-8H2,1-5H3;1-2H2,(H,6,7)(H,8,9)/q2*+1;/p-2. The molecule has 29 heavy (non-hydrogen) atoms. The van der Waals surface area contributed by atoms with Crippen molar-refractivity contribution in [3.63, 3.8) is 0 Å². The smallest absolute Gasteiger partial charge is 0.0833 e. The molecule has 0 radical (unpaired) electrons. The first-order valence-electron chi connectivity index (χ1n) is 11.1. The lowest BCUT2D eigenvalue weighted by molar-refractivity contribution is -0.943. The summed E-state index contributed by atoms with van der Waals surface area (Å²) in [5, 5.41) is 19.4. The summed E-state index contributed by atoms with van der Waals surface area (Å²) in [7, 11) is 0. The van der Waals surface area contributed by atoms with E-state index in [9.17, 15) is 19.8 Å². The van der Waals surface area contributed by atoms with Gasteiger partial charge >= 0.3 is 0 Å². The topological polar surface area (TPSA) is 80.3 Å². The Hall–Kier alpha value is -1.40. The minimum atomic E-state index is -1.56. The van der Waals surface area contributed by atoms with Crippen LogP contribution in [0.2, 0.25) is 0 Å². The van der Waals surface area contributed by atoms with Crippen LogP contribution in [-0.4, -0.2) is 72.3 Å². The van der Waals surface area contributed by atoms with E-state index in [2.05, 4.69) is 75.8 Å². The van der Waals surface area contributed by atoms with Gasteiger partial charge in [-0.2, -0.15) is 0 Å². The summed E-state index contributed by atoms with van der Waals surface area (Å²) in [6.07, 6.45) is -0.678. The fraction of sp³-hybridized carbons (Fsp3) is 0.826. The largest absolute Gasteiger partial charge is 0.550 e. The Morgan fingerprint density at radius 1 is 0.690 bits per heavy atom. The highest BCUT2D eigenvalue weighted by Gasteiger charge is 2.24. The molecule has 0 aliphatic carbocycles. The predicted octanol–water partition coefficient (Wildman–Crippen LogP) is 1.98. The second-order valence-corrected chi connectivity index (χ2v) is 7.96. The van der Waals surface area contributed by atoms with Gasteiger partial charge in [0.25, 0.3) is 0 Å². The highest BCUT2D eigenvalue weighted by atomic mass is 16.4. The lowest BCUT2D eigenvalue weighted by Gasteiger charge is -2.39. The van der Waals surface area contributed by atoms with Crippen molar-refractivity contribution in [2.45, 2.75) is 87.7 Å². The molecule has 0 fully saturated rings. The second-order valence-electron chi connectivity index (χ2n) is 7.96. The fourth-order valence-corrected chi connectivity index (χ4v) is 3.78. The summed E-state index contributed by atoms with van der Waals surface area (Å²) < 4.78 is 2.53. The van der Waals surface area contributed by atoms with Crippen molar-refractivity contribution in [1.29, 1.82) is 0 Å². The Labute approximate surface area is 180 Å². The molecule has 0 aromatic rings. The molecule has 0 atom stereocenters. The molecule has 0 aliphatic heterocycles. The molecule has 0 unspecified atom stereocenters. The first-order chi connectivity index (χ1) is 13.3. The Morgan fingerprint density at radius 3 is 0.966 bits per heavy atom. The summed E-state index contributed by atoms with van der Waals surface area (Å²) in [5.41, 5.74) is -0.477. The zero-order valence-electron chi connectivity index (χ0n) is 20.8. The van der Waals surface area contributed by atoms with Crippen LogP contribution in [0, 0.1) is 0 Å². The molecular weight excluding hydrogens is 368 g/mol. The van der Waals surface area contributed by atoms with Crippen LogP contribution in [0.25, 0.3) is 0 Å². The lowest BCUT2D eigenvalue weighted by atomic mass is 10.2. The van der Waals surface area contributed by atoms with Crippen LogP contribution in [0.15, 0.2) is 12.2 Å². The molecule has 0 saturated heterocycles. The molecule has 0 aromatic heterocycles. The van der Waals surface area contributed by atoms with E-state index in [1.54, 1.807) is 0 Å². The molecule has 0 aliphatic rings. The molecule has 0 heterocycles. The van der Waals surface area contributed by atoms with Gasteiger partial charge in [-0.15, -0.1) is 0 Å². The number of nitrogens with zero attached hydrogens (tertiary/aromatic N) is 2. The van der Waals surface area contributed by atoms with Crippen LogP contribution in [0.3, 0.4) is 0 Å². The van der Waals surface area contributed by atoms with Gasteiger partial charge in [-0.25, -0.2) is 0 Å². The number of hydrogen-bond acceptors (Lipinski definition) is 4. The third kappa shape index (κ3) is 12.0. The molecule has 0 aromatic carbocycles. The average molecular weight is 417 g/mol. The molecule has 0 rings (SSSR count). The van der Waals surface area contributed by atoms with E-state index in [4.69, 9.17) is 0 Å². The molecule has 0 bridgehead atoms. The van der Waals surface area contributed by atoms with Gasteiger partial charge in [0.2, 0.25) is 0 Å². The van der Waals surface area contributed by atoms with Gasteiger partial charge in [0.1, 0.15) is 0 Å². The van der Waals surface area contributed by atoms with E-state index in [1.807, 2.05) is 0 Å². The Morgan fingerprint density at radius 2 is 0.931 bits per heavy atom. The van der Waals surface area contributed by atoms with Gasteiger partial charge in [-0.1, -0.05) is 6.58 Å². The van der Waals surface area contributed by atoms with Crippen LogP contribution in [-0.2, 0) is 9.59 Å². The van der Waals surface area contributed by atoms with Gasteiger partial charge < -0.3 is 28.8 Å². The maximum atomic E-state index is 9.73. The van der Waals surface area contributed by atoms with Crippen molar-refractivity contribution in [3.8, 4) is 0 Å². The minimum absolute atomic E-state index is 0.477.